The van der Waals surface area contributed by atoms with Crippen LogP contribution in [0.15, 0.2) is 67.1 Å². The number of ether oxygens (including phenoxy) is 1. The van der Waals surface area contributed by atoms with Crippen molar-refractivity contribution in [1.82, 2.24) is 35.4 Å². The summed E-state index contributed by atoms with van der Waals surface area (Å²) in [4.78, 5) is 20.4. The van der Waals surface area contributed by atoms with Crippen molar-refractivity contribution in [2.75, 3.05) is 31.1 Å². The molecule has 1 aromatic carbocycles. The summed E-state index contributed by atoms with van der Waals surface area (Å²) in [7, 11) is 0. The monoisotopic (exact) mass is 580 g/mol. The number of piperidine rings is 1. The molecule has 2 atom stereocenters. The topological polar surface area (TPSA) is 133 Å². The molecule has 2 aliphatic rings. The molecule has 6 heterocycles. The molecule has 0 aliphatic carbocycles. The first kappa shape index (κ1) is 27.4. The molecule has 2 fully saturated rings. The van der Waals surface area contributed by atoms with Crippen LogP contribution in [0.1, 0.15) is 31.7 Å². The van der Waals surface area contributed by atoms with Gasteiger partial charge in [-0.15, -0.1) is 5.10 Å². The zero-order valence-corrected chi connectivity index (χ0v) is 24.2. The second-order valence-corrected chi connectivity index (χ2v) is 11.6. The van der Waals surface area contributed by atoms with Gasteiger partial charge in [0, 0.05) is 36.0 Å². The average molecular weight is 581 g/mol. The Morgan fingerprint density at radius 3 is 2.72 bits per heavy atom. The van der Waals surface area contributed by atoms with Crippen molar-refractivity contribution < 1.29 is 14.6 Å². The van der Waals surface area contributed by atoms with Crippen molar-refractivity contribution in [2.45, 2.75) is 50.3 Å². The van der Waals surface area contributed by atoms with E-state index in [0.29, 0.717) is 19.6 Å². The van der Waals surface area contributed by atoms with Gasteiger partial charge in [0.25, 0.3) is 0 Å². The van der Waals surface area contributed by atoms with Gasteiger partial charge in [0.15, 0.2) is 5.65 Å². The summed E-state index contributed by atoms with van der Waals surface area (Å²) in [5, 5.41) is 29.5. The summed E-state index contributed by atoms with van der Waals surface area (Å²) in [5.41, 5.74) is 4.39. The molecule has 0 spiro atoms. The minimum absolute atomic E-state index is 0.121. The van der Waals surface area contributed by atoms with Gasteiger partial charge in [-0.25, -0.2) is 9.50 Å². The third-order valence-corrected chi connectivity index (χ3v) is 8.76. The van der Waals surface area contributed by atoms with Crippen LogP contribution in [0.4, 0.5) is 5.82 Å². The minimum Gasteiger partial charge on any atom is -0.492 e. The van der Waals surface area contributed by atoms with Crippen LogP contribution in [-0.4, -0.2) is 79.7 Å². The number of aliphatic hydroxyl groups excluding tert-OH is 1. The van der Waals surface area contributed by atoms with Crippen LogP contribution in [0.25, 0.3) is 27.7 Å². The van der Waals surface area contributed by atoms with Crippen LogP contribution in [0.2, 0.25) is 0 Å². The SMILES string of the molecule is CCOc1cc(-c2ccc(N3CCC(Cc4ccccc4)(NC(=O)[C@H]4NCC[C@@H]4O)CC3)nc2)c2c3cn[nH]c3nn2c1. The molecule has 5 aromatic rings. The number of hydrogen-bond donors (Lipinski definition) is 4. The van der Waals surface area contributed by atoms with Crippen molar-refractivity contribution in [3.8, 4) is 16.9 Å². The molecule has 4 N–H and O–H groups in total. The molecule has 43 heavy (non-hydrogen) atoms. The fraction of sp³-hybridized carbons (Fsp3) is 0.375. The Bertz CT molecular complexity index is 1720. The van der Waals surface area contributed by atoms with Crippen LogP contribution in [0, 0.1) is 0 Å². The molecular formula is C32H36N8O3. The number of fused-ring (bicyclic) bond motifs is 3. The van der Waals surface area contributed by atoms with E-state index in [-0.39, 0.29) is 5.91 Å². The Hall–Kier alpha value is -4.48. The molecule has 2 saturated heterocycles. The number of aliphatic hydroxyl groups is 1. The highest BCUT2D eigenvalue weighted by Gasteiger charge is 2.40. The summed E-state index contributed by atoms with van der Waals surface area (Å²) in [6.07, 6.45) is 7.80. The number of pyridine rings is 2. The second-order valence-electron chi connectivity index (χ2n) is 11.6. The first-order valence-electron chi connectivity index (χ1n) is 15.0. The lowest BCUT2D eigenvalue weighted by molar-refractivity contribution is -0.127. The number of amides is 1. The molecule has 0 bridgehead atoms. The highest BCUT2D eigenvalue weighted by Crippen LogP contribution is 2.34. The van der Waals surface area contributed by atoms with Gasteiger partial charge in [-0.1, -0.05) is 30.3 Å². The summed E-state index contributed by atoms with van der Waals surface area (Å²) in [6.45, 7) is 4.67. The fourth-order valence-electron chi connectivity index (χ4n) is 6.53. The number of nitrogens with zero attached hydrogens (tertiary/aromatic N) is 5. The van der Waals surface area contributed by atoms with E-state index in [2.05, 4.69) is 55.1 Å². The van der Waals surface area contributed by atoms with Crippen molar-refractivity contribution in [1.29, 1.82) is 0 Å². The average Bonchev–Trinajstić information content (AvgIpc) is 3.74. The molecule has 0 saturated carbocycles. The van der Waals surface area contributed by atoms with Crippen LogP contribution in [0.3, 0.4) is 0 Å². The van der Waals surface area contributed by atoms with Crippen LogP contribution in [-0.2, 0) is 11.2 Å². The molecule has 0 unspecified atom stereocenters. The van der Waals surface area contributed by atoms with Gasteiger partial charge in [-0.3, -0.25) is 9.89 Å². The van der Waals surface area contributed by atoms with Crippen molar-refractivity contribution in [2.24, 2.45) is 0 Å². The molecule has 7 rings (SSSR count). The number of carbonyl (C=O) groups excluding carboxylic acids is 1. The minimum atomic E-state index is -0.654. The van der Waals surface area contributed by atoms with E-state index in [9.17, 15) is 9.90 Å². The second kappa shape index (κ2) is 11.3. The lowest BCUT2D eigenvalue weighted by Crippen LogP contribution is -2.60. The lowest BCUT2D eigenvalue weighted by Gasteiger charge is -2.43. The van der Waals surface area contributed by atoms with E-state index >= 15 is 0 Å². The Morgan fingerprint density at radius 1 is 1.16 bits per heavy atom. The van der Waals surface area contributed by atoms with Crippen molar-refractivity contribution >= 4 is 28.3 Å². The predicted octanol–water partition coefficient (Wildman–Crippen LogP) is 3.09. The van der Waals surface area contributed by atoms with Gasteiger partial charge in [-0.05, 0) is 62.9 Å². The van der Waals surface area contributed by atoms with E-state index in [1.54, 1.807) is 6.20 Å². The molecule has 2 aliphatic heterocycles. The van der Waals surface area contributed by atoms with Gasteiger partial charge >= 0.3 is 0 Å². The van der Waals surface area contributed by atoms with Crippen LogP contribution >= 0.6 is 0 Å². The fourth-order valence-corrected chi connectivity index (χ4v) is 6.53. The predicted molar refractivity (Wildman–Crippen MR) is 164 cm³/mol. The number of aromatic nitrogens is 5. The summed E-state index contributed by atoms with van der Waals surface area (Å²) in [5.74, 6) is 1.51. The normalized spacial score (nSPS) is 20.1. The Kier molecular flexibility index (Phi) is 7.20. The maximum absolute atomic E-state index is 13.3. The number of anilines is 1. The Morgan fingerprint density at radius 2 is 2.00 bits per heavy atom. The third-order valence-electron chi connectivity index (χ3n) is 8.76. The molecule has 222 valence electrons. The highest BCUT2D eigenvalue weighted by atomic mass is 16.5. The molecule has 11 heteroatoms. The van der Waals surface area contributed by atoms with Gasteiger partial charge in [0.1, 0.15) is 17.6 Å². The third kappa shape index (κ3) is 5.30. The summed E-state index contributed by atoms with van der Waals surface area (Å²) >= 11 is 0. The largest absolute Gasteiger partial charge is 0.492 e. The highest BCUT2D eigenvalue weighted by molar-refractivity contribution is 6.00. The van der Waals surface area contributed by atoms with E-state index in [1.807, 2.05) is 48.1 Å². The maximum Gasteiger partial charge on any atom is 0.240 e. The number of hydrogen-bond acceptors (Lipinski definition) is 8. The van der Waals surface area contributed by atoms with Crippen molar-refractivity contribution in [3.05, 3.63) is 72.7 Å². The van der Waals surface area contributed by atoms with Gasteiger partial charge in [0.2, 0.25) is 5.91 Å². The summed E-state index contributed by atoms with van der Waals surface area (Å²) < 4.78 is 7.67. The van der Waals surface area contributed by atoms with E-state index in [1.165, 1.54) is 5.56 Å². The standard InChI is InChI=1S/C32H36N8O3/c1-2-43-23-16-24(29-25-19-35-37-30(25)38-40(29)20-23)22-8-9-27(34-18-22)39-14-11-32(12-15-39,17-21-6-4-3-5-7-21)36-31(42)28-26(41)10-13-33-28/h3-9,16,18-20,26,28,33,41H,2,10-15,17H2,1H3,(H,36,42)(H,37,38)/t26-,28-/m0/s1. The van der Waals surface area contributed by atoms with Crippen molar-refractivity contribution in [3.63, 3.8) is 0 Å². The number of nitrogens with one attached hydrogen (secondary N) is 3. The molecule has 4 aromatic heterocycles. The summed E-state index contributed by atoms with van der Waals surface area (Å²) in [6, 6.07) is 15.9. The first-order chi connectivity index (χ1) is 21.0. The smallest absolute Gasteiger partial charge is 0.240 e. The number of carbonyl (C=O) groups is 1. The number of H-pyrrole nitrogens is 1. The van der Waals surface area contributed by atoms with Gasteiger partial charge < -0.3 is 25.4 Å². The number of benzene rings is 1. The first-order valence-corrected chi connectivity index (χ1v) is 15.0. The number of rotatable bonds is 8. The molecular weight excluding hydrogens is 544 g/mol. The quantitative estimate of drug-likeness (QED) is 0.220. The van der Waals surface area contributed by atoms with Gasteiger partial charge in [0.05, 0.1) is 36.0 Å². The molecule has 0 radical (unpaired) electrons. The van der Waals surface area contributed by atoms with E-state index in [0.717, 1.165) is 71.6 Å². The van der Waals surface area contributed by atoms with Crippen LogP contribution < -0.4 is 20.3 Å². The van der Waals surface area contributed by atoms with Crippen LogP contribution in [0.5, 0.6) is 5.75 Å². The van der Waals surface area contributed by atoms with E-state index in [4.69, 9.17) is 9.72 Å². The number of aromatic amines is 1. The zero-order valence-electron chi connectivity index (χ0n) is 24.2. The van der Waals surface area contributed by atoms with E-state index < -0.39 is 17.7 Å². The Labute approximate surface area is 249 Å². The maximum atomic E-state index is 13.3. The lowest BCUT2D eigenvalue weighted by atomic mass is 9.81. The molecule has 11 nitrogen and oxygen atoms in total. The molecule has 1 amide bonds. The zero-order chi connectivity index (χ0) is 29.4. The van der Waals surface area contributed by atoms with Gasteiger partial charge in [-0.2, -0.15) is 5.10 Å². The Balaban J connectivity index is 1.12.